The third-order valence-corrected chi connectivity index (χ3v) is 3.02. The maximum Gasteiger partial charge on any atom is 0.114 e. The van der Waals surface area contributed by atoms with Crippen LogP contribution in [-0.2, 0) is 0 Å². The number of benzene rings is 1. The Labute approximate surface area is 69.9 Å². The molecule has 1 rings (SSSR count). The zero-order chi connectivity index (χ0) is 8.10. The highest BCUT2D eigenvalue weighted by Crippen LogP contribution is 2.02. The van der Waals surface area contributed by atoms with Gasteiger partial charge in [0.15, 0.2) is 0 Å². The van der Waals surface area contributed by atoms with E-state index in [4.69, 9.17) is 0 Å². The minimum Gasteiger partial charge on any atom is -0.508 e. The van der Waals surface area contributed by atoms with Gasteiger partial charge in [-0.25, -0.2) is 0 Å². The van der Waals surface area contributed by atoms with Crippen LogP contribution >= 0.6 is 0 Å². The number of para-hydroxylation sites is 1. The highest BCUT2D eigenvalue weighted by molar-refractivity contribution is 6.54. The molecule has 0 heterocycles. The van der Waals surface area contributed by atoms with Gasteiger partial charge in [0.2, 0.25) is 0 Å². The number of hydrogen-bond donors (Lipinski definition) is 1. The van der Waals surface area contributed by atoms with E-state index in [1.54, 1.807) is 6.07 Å². The second kappa shape index (κ2) is 4.19. The van der Waals surface area contributed by atoms with Gasteiger partial charge in [-0.05, 0) is 11.3 Å². The molecular formula is C9H12OSi. The van der Waals surface area contributed by atoms with Gasteiger partial charge in [0.05, 0.1) is 9.52 Å². The van der Waals surface area contributed by atoms with Gasteiger partial charge in [0.25, 0.3) is 0 Å². The Bertz CT molecular complexity index is 223. The largest absolute Gasteiger partial charge is 0.508 e. The molecule has 11 heavy (non-hydrogen) atoms. The van der Waals surface area contributed by atoms with Crippen LogP contribution in [0.25, 0.3) is 0 Å². The van der Waals surface area contributed by atoms with Crippen LogP contribution in [-0.4, -0.2) is 14.6 Å². The van der Waals surface area contributed by atoms with Gasteiger partial charge < -0.3 is 5.11 Å². The van der Waals surface area contributed by atoms with Gasteiger partial charge in [-0.3, -0.25) is 0 Å². The number of aromatic hydroxyl groups is 1. The SMILES string of the molecule is CCC[Si]c1ccccc1O. The van der Waals surface area contributed by atoms with Crippen molar-refractivity contribution in [2.24, 2.45) is 0 Å². The molecule has 0 spiro atoms. The lowest BCUT2D eigenvalue weighted by Gasteiger charge is -2.00. The molecule has 0 saturated heterocycles. The van der Waals surface area contributed by atoms with E-state index in [-0.39, 0.29) is 0 Å². The summed E-state index contributed by atoms with van der Waals surface area (Å²) in [5.41, 5.74) is 0. The summed E-state index contributed by atoms with van der Waals surface area (Å²) < 4.78 is 0. The van der Waals surface area contributed by atoms with Gasteiger partial charge in [-0.1, -0.05) is 37.6 Å². The molecule has 0 unspecified atom stereocenters. The maximum absolute atomic E-state index is 9.34. The predicted octanol–water partition coefficient (Wildman–Crippen LogP) is 1.55. The van der Waals surface area contributed by atoms with Gasteiger partial charge >= 0.3 is 0 Å². The van der Waals surface area contributed by atoms with Crippen LogP contribution in [0.15, 0.2) is 24.3 Å². The zero-order valence-electron chi connectivity index (χ0n) is 6.67. The van der Waals surface area contributed by atoms with Crippen molar-refractivity contribution in [1.82, 2.24) is 0 Å². The molecule has 0 aliphatic heterocycles. The second-order valence-electron chi connectivity index (χ2n) is 2.44. The third kappa shape index (κ3) is 2.39. The van der Waals surface area contributed by atoms with Crippen LogP contribution in [0.4, 0.5) is 0 Å². The van der Waals surface area contributed by atoms with Crippen molar-refractivity contribution < 1.29 is 5.11 Å². The fraction of sp³-hybridized carbons (Fsp3) is 0.333. The Morgan fingerprint density at radius 2 is 2.09 bits per heavy atom. The van der Waals surface area contributed by atoms with E-state index in [0.29, 0.717) is 5.75 Å². The number of phenolic OH excluding ortho intramolecular Hbond substituents is 1. The Hall–Kier alpha value is -0.763. The topological polar surface area (TPSA) is 20.2 Å². The Kier molecular flexibility index (Phi) is 3.17. The number of phenols is 1. The van der Waals surface area contributed by atoms with Crippen molar-refractivity contribution in [3.63, 3.8) is 0 Å². The molecule has 0 aliphatic carbocycles. The number of hydrogen-bond acceptors (Lipinski definition) is 1. The molecule has 1 aromatic carbocycles. The fourth-order valence-electron chi connectivity index (χ4n) is 0.883. The van der Waals surface area contributed by atoms with E-state index in [0.717, 1.165) is 14.7 Å². The summed E-state index contributed by atoms with van der Waals surface area (Å²) in [4.78, 5) is 0. The van der Waals surface area contributed by atoms with E-state index in [2.05, 4.69) is 6.92 Å². The first-order chi connectivity index (χ1) is 5.34. The van der Waals surface area contributed by atoms with Crippen LogP contribution in [0.2, 0.25) is 6.04 Å². The molecule has 0 fully saturated rings. The lowest BCUT2D eigenvalue weighted by molar-refractivity contribution is 0.479. The third-order valence-electron chi connectivity index (χ3n) is 1.47. The molecule has 0 saturated carbocycles. The van der Waals surface area contributed by atoms with Crippen molar-refractivity contribution >= 4 is 14.7 Å². The second-order valence-corrected chi connectivity index (χ2v) is 3.84. The highest BCUT2D eigenvalue weighted by atomic mass is 28.2. The molecule has 1 aromatic rings. The summed E-state index contributed by atoms with van der Waals surface area (Å²) in [6.07, 6.45) is 1.19. The lowest BCUT2D eigenvalue weighted by Crippen LogP contribution is -2.12. The molecule has 58 valence electrons. The first-order valence-electron chi connectivity index (χ1n) is 3.86. The highest BCUT2D eigenvalue weighted by Gasteiger charge is 1.97. The molecule has 1 N–H and O–H groups in total. The average Bonchev–Trinajstić information content (AvgIpc) is 2.03. The van der Waals surface area contributed by atoms with Crippen molar-refractivity contribution in [1.29, 1.82) is 0 Å². The average molecular weight is 164 g/mol. The zero-order valence-corrected chi connectivity index (χ0v) is 7.67. The lowest BCUT2D eigenvalue weighted by atomic mass is 10.3. The smallest absolute Gasteiger partial charge is 0.114 e. The molecule has 0 aromatic heterocycles. The molecule has 0 atom stereocenters. The van der Waals surface area contributed by atoms with Crippen molar-refractivity contribution in [3.8, 4) is 5.75 Å². The molecule has 2 radical (unpaired) electrons. The van der Waals surface area contributed by atoms with Gasteiger partial charge in [0, 0.05) is 0 Å². The van der Waals surface area contributed by atoms with Crippen LogP contribution in [0.1, 0.15) is 13.3 Å². The number of rotatable bonds is 3. The molecular weight excluding hydrogens is 152 g/mol. The van der Waals surface area contributed by atoms with E-state index >= 15 is 0 Å². The molecule has 0 amide bonds. The van der Waals surface area contributed by atoms with E-state index < -0.39 is 0 Å². The first-order valence-corrected chi connectivity index (χ1v) is 5.07. The van der Waals surface area contributed by atoms with Gasteiger partial charge in [0.1, 0.15) is 5.75 Å². The summed E-state index contributed by atoms with van der Waals surface area (Å²) in [5.74, 6) is 0.444. The van der Waals surface area contributed by atoms with E-state index in [1.165, 1.54) is 12.5 Å². The van der Waals surface area contributed by atoms with Crippen LogP contribution in [0.5, 0.6) is 5.75 Å². The van der Waals surface area contributed by atoms with Crippen molar-refractivity contribution in [2.75, 3.05) is 0 Å². The van der Waals surface area contributed by atoms with Crippen LogP contribution in [0, 0.1) is 0 Å². The normalized spacial score (nSPS) is 9.91. The minimum absolute atomic E-state index is 0.444. The van der Waals surface area contributed by atoms with Crippen LogP contribution in [0.3, 0.4) is 0 Å². The summed E-state index contributed by atoms with van der Waals surface area (Å²) >= 11 is 0. The summed E-state index contributed by atoms with van der Waals surface area (Å²) in [6, 6.07) is 8.74. The Balaban J connectivity index is 2.62. The van der Waals surface area contributed by atoms with Gasteiger partial charge in [-0.15, -0.1) is 0 Å². The standard InChI is InChI=1S/C9H12OSi/c1-2-7-11-9-6-4-3-5-8(9)10/h3-6,10H,2,7H2,1H3. The van der Waals surface area contributed by atoms with Crippen molar-refractivity contribution in [3.05, 3.63) is 24.3 Å². The molecule has 2 heteroatoms. The van der Waals surface area contributed by atoms with E-state index in [1.807, 2.05) is 18.2 Å². The molecule has 0 aliphatic rings. The summed E-state index contributed by atoms with van der Waals surface area (Å²) in [6.45, 7) is 2.16. The maximum atomic E-state index is 9.34. The fourth-order valence-corrected chi connectivity index (χ4v) is 1.88. The quantitative estimate of drug-likeness (QED) is 0.672. The predicted molar refractivity (Wildman–Crippen MR) is 48.6 cm³/mol. The Morgan fingerprint density at radius 3 is 2.73 bits per heavy atom. The van der Waals surface area contributed by atoms with Crippen LogP contribution < -0.4 is 5.19 Å². The summed E-state index contributed by atoms with van der Waals surface area (Å²) in [7, 11) is 0.753. The Morgan fingerprint density at radius 1 is 1.36 bits per heavy atom. The first kappa shape index (κ1) is 8.33. The van der Waals surface area contributed by atoms with Crippen molar-refractivity contribution in [2.45, 2.75) is 19.4 Å². The monoisotopic (exact) mass is 164 g/mol. The molecule has 0 bridgehead atoms. The van der Waals surface area contributed by atoms with E-state index in [9.17, 15) is 5.11 Å². The van der Waals surface area contributed by atoms with Gasteiger partial charge in [-0.2, -0.15) is 0 Å². The minimum atomic E-state index is 0.444. The molecule has 1 nitrogen and oxygen atoms in total. The summed E-state index contributed by atoms with van der Waals surface area (Å²) in [5, 5.41) is 10.4.